The van der Waals surface area contributed by atoms with Gasteiger partial charge < -0.3 is 0 Å². The molecular weight excluding hydrogens is 333 g/mol. The van der Waals surface area contributed by atoms with Gasteiger partial charge in [-0.15, -0.1) is 0 Å². The minimum atomic E-state index is -3.55. The van der Waals surface area contributed by atoms with Crippen LogP contribution in [-0.2, 0) is 15.8 Å². The minimum absolute atomic E-state index is 0.147. The van der Waals surface area contributed by atoms with E-state index >= 15 is 0 Å². The van der Waals surface area contributed by atoms with E-state index in [9.17, 15) is 12.8 Å². The lowest BCUT2D eigenvalue weighted by atomic mass is 10.2. The third kappa shape index (κ3) is 4.04. The van der Waals surface area contributed by atoms with E-state index in [1.54, 1.807) is 24.3 Å². The Morgan fingerprint density at radius 1 is 1.11 bits per heavy atom. The lowest BCUT2D eigenvalue weighted by molar-refractivity contribution is 0.600. The van der Waals surface area contributed by atoms with Crippen molar-refractivity contribution < 1.29 is 12.8 Å². The van der Waals surface area contributed by atoms with Crippen LogP contribution in [0.15, 0.2) is 53.0 Å². The number of anilines is 1. The van der Waals surface area contributed by atoms with Crippen molar-refractivity contribution in [1.29, 1.82) is 0 Å². The maximum absolute atomic E-state index is 13.3. The highest BCUT2D eigenvalue weighted by molar-refractivity contribution is 9.10. The molecule has 0 aliphatic rings. The maximum atomic E-state index is 13.3. The Kier molecular flexibility index (Phi) is 4.21. The molecule has 2 aromatic rings. The molecule has 0 saturated carbocycles. The second-order valence-corrected chi connectivity index (χ2v) is 6.55. The zero-order chi connectivity index (χ0) is 13.9. The van der Waals surface area contributed by atoms with Crippen molar-refractivity contribution in [2.24, 2.45) is 0 Å². The van der Waals surface area contributed by atoms with Crippen molar-refractivity contribution in [3.05, 3.63) is 64.4 Å². The van der Waals surface area contributed by atoms with Crippen molar-refractivity contribution in [3.63, 3.8) is 0 Å². The molecule has 0 amide bonds. The Morgan fingerprint density at radius 3 is 2.42 bits per heavy atom. The van der Waals surface area contributed by atoms with E-state index in [1.807, 2.05) is 6.07 Å². The summed E-state index contributed by atoms with van der Waals surface area (Å²) in [6.45, 7) is 0. The molecule has 0 unspecified atom stereocenters. The summed E-state index contributed by atoms with van der Waals surface area (Å²) in [7, 11) is -3.55. The van der Waals surface area contributed by atoms with Gasteiger partial charge in [0.15, 0.2) is 0 Å². The Labute approximate surface area is 119 Å². The Balaban J connectivity index is 2.15. The average molecular weight is 344 g/mol. The summed E-state index contributed by atoms with van der Waals surface area (Å²) in [6.07, 6.45) is 0. The molecule has 0 bridgehead atoms. The standard InChI is InChI=1S/C13H11BrFNO2S/c14-12-7-6-11(8-13(12)15)16-19(17,18)9-10-4-2-1-3-5-10/h1-8,16H,9H2. The Bertz CT molecular complexity index is 674. The summed E-state index contributed by atoms with van der Waals surface area (Å²) in [5.41, 5.74) is 0.879. The molecular formula is C13H11BrFNO2S. The van der Waals surface area contributed by atoms with Crippen LogP contribution in [0.1, 0.15) is 5.56 Å². The first kappa shape index (κ1) is 14.0. The van der Waals surface area contributed by atoms with Gasteiger partial charge >= 0.3 is 0 Å². The van der Waals surface area contributed by atoms with Crippen molar-refractivity contribution in [2.45, 2.75) is 5.75 Å². The van der Waals surface area contributed by atoms with Gasteiger partial charge in [-0.05, 0) is 39.7 Å². The second-order valence-electron chi connectivity index (χ2n) is 3.98. The van der Waals surface area contributed by atoms with E-state index < -0.39 is 15.8 Å². The number of hydrogen-bond donors (Lipinski definition) is 1. The number of benzene rings is 2. The summed E-state index contributed by atoms with van der Waals surface area (Å²) in [5.74, 6) is -0.661. The molecule has 0 aliphatic heterocycles. The van der Waals surface area contributed by atoms with E-state index in [2.05, 4.69) is 20.7 Å². The molecule has 0 atom stereocenters. The van der Waals surface area contributed by atoms with Crippen molar-refractivity contribution in [1.82, 2.24) is 0 Å². The molecule has 0 heterocycles. The molecule has 0 aromatic heterocycles. The predicted octanol–water partition coefficient (Wildman–Crippen LogP) is 3.53. The molecule has 0 aliphatic carbocycles. The molecule has 19 heavy (non-hydrogen) atoms. The van der Waals surface area contributed by atoms with E-state index in [-0.39, 0.29) is 11.4 Å². The largest absolute Gasteiger partial charge is 0.283 e. The summed E-state index contributed by atoms with van der Waals surface area (Å²) >= 11 is 3.01. The van der Waals surface area contributed by atoms with Crippen LogP contribution in [0, 0.1) is 5.82 Å². The van der Waals surface area contributed by atoms with Gasteiger partial charge in [-0.2, -0.15) is 0 Å². The lowest BCUT2D eigenvalue weighted by Crippen LogP contribution is -2.15. The molecule has 6 heteroatoms. The number of halogens is 2. The molecule has 0 radical (unpaired) electrons. The Morgan fingerprint density at radius 2 is 1.79 bits per heavy atom. The topological polar surface area (TPSA) is 46.2 Å². The molecule has 0 spiro atoms. The fourth-order valence-electron chi connectivity index (χ4n) is 1.57. The molecule has 2 rings (SSSR count). The van der Waals surface area contributed by atoms with Crippen LogP contribution in [0.25, 0.3) is 0 Å². The first-order chi connectivity index (χ1) is 8.96. The first-order valence-corrected chi connectivity index (χ1v) is 7.90. The second kappa shape index (κ2) is 5.71. The quantitative estimate of drug-likeness (QED) is 0.922. The van der Waals surface area contributed by atoms with Crippen LogP contribution in [-0.4, -0.2) is 8.42 Å². The molecule has 0 saturated heterocycles. The van der Waals surface area contributed by atoms with Crippen LogP contribution in [0.5, 0.6) is 0 Å². The van der Waals surface area contributed by atoms with Gasteiger partial charge in [0.05, 0.1) is 15.9 Å². The van der Waals surface area contributed by atoms with Gasteiger partial charge in [0.2, 0.25) is 10.0 Å². The summed E-state index contributed by atoms with van der Waals surface area (Å²) in [6, 6.07) is 12.9. The molecule has 100 valence electrons. The highest BCUT2D eigenvalue weighted by Crippen LogP contribution is 2.20. The van der Waals surface area contributed by atoms with Gasteiger partial charge in [-0.1, -0.05) is 30.3 Å². The van der Waals surface area contributed by atoms with Crippen LogP contribution in [0.2, 0.25) is 0 Å². The smallest absolute Gasteiger partial charge is 0.236 e. The van der Waals surface area contributed by atoms with E-state index in [0.717, 1.165) is 6.07 Å². The maximum Gasteiger partial charge on any atom is 0.236 e. The number of rotatable bonds is 4. The number of nitrogens with one attached hydrogen (secondary N) is 1. The van der Waals surface area contributed by atoms with Crippen LogP contribution < -0.4 is 4.72 Å². The normalized spacial score (nSPS) is 11.3. The van der Waals surface area contributed by atoms with Crippen LogP contribution in [0.3, 0.4) is 0 Å². The minimum Gasteiger partial charge on any atom is -0.283 e. The summed E-state index contributed by atoms with van der Waals surface area (Å²) < 4.78 is 39.8. The van der Waals surface area contributed by atoms with E-state index in [4.69, 9.17) is 0 Å². The van der Waals surface area contributed by atoms with Gasteiger partial charge in [0, 0.05) is 0 Å². The van der Waals surface area contributed by atoms with Crippen molar-refractivity contribution in [2.75, 3.05) is 4.72 Å². The third-order valence-corrected chi connectivity index (χ3v) is 4.30. The van der Waals surface area contributed by atoms with E-state index in [0.29, 0.717) is 10.0 Å². The monoisotopic (exact) mass is 343 g/mol. The molecule has 1 N–H and O–H groups in total. The summed E-state index contributed by atoms with van der Waals surface area (Å²) in [5, 5.41) is 0. The van der Waals surface area contributed by atoms with Crippen LogP contribution in [0.4, 0.5) is 10.1 Å². The SMILES string of the molecule is O=S(=O)(Cc1ccccc1)Nc1ccc(Br)c(F)c1. The fraction of sp³-hybridized carbons (Fsp3) is 0.0769. The first-order valence-electron chi connectivity index (χ1n) is 5.46. The average Bonchev–Trinajstić information content (AvgIpc) is 2.34. The molecule has 2 aromatic carbocycles. The highest BCUT2D eigenvalue weighted by atomic mass is 79.9. The summed E-state index contributed by atoms with van der Waals surface area (Å²) in [4.78, 5) is 0. The van der Waals surface area contributed by atoms with Gasteiger partial charge in [-0.25, -0.2) is 12.8 Å². The van der Waals surface area contributed by atoms with Crippen molar-refractivity contribution in [3.8, 4) is 0 Å². The van der Waals surface area contributed by atoms with Gasteiger partial charge in [0.1, 0.15) is 5.82 Å². The predicted molar refractivity (Wildman–Crippen MR) is 76.8 cm³/mol. The van der Waals surface area contributed by atoms with E-state index in [1.165, 1.54) is 12.1 Å². The lowest BCUT2D eigenvalue weighted by Gasteiger charge is -2.08. The zero-order valence-corrected chi connectivity index (χ0v) is 12.2. The molecule has 3 nitrogen and oxygen atoms in total. The Hall–Kier alpha value is -1.40. The van der Waals surface area contributed by atoms with Gasteiger partial charge in [0.25, 0.3) is 0 Å². The molecule has 0 fully saturated rings. The van der Waals surface area contributed by atoms with Crippen molar-refractivity contribution >= 4 is 31.6 Å². The number of sulfonamides is 1. The highest BCUT2D eigenvalue weighted by Gasteiger charge is 2.12. The number of hydrogen-bond acceptors (Lipinski definition) is 2. The van der Waals surface area contributed by atoms with Gasteiger partial charge in [-0.3, -0.25) is 4.72 Å². The van der Waals surface area contributed by atoms with Crippen LogP contribution >= 0.6 is 15.9 Å². The zero-order valence-electron chi connectivity index (χ0n) is 9.81. The third-order valence-electron chi connectivity index (χ3n) is 2.39. The fourth-order valence-corrected chi connectivity index (χ4v) is 3.01.